The van der Waals surface area contributed by atoms with Gasteiger partial charge < -0.3 is 10.3 Å². The molecule has 3 aromatic rings. The fourth-order valence-corrected chi connectivity index (χ4v) is 2.50. The van der Waals surface area contributed by atoms with Gasteiger partial charge in [-0.3, -0.25) is 4.79 Å². The number of nitrogens with one attached hydrogen (secondary N) is 2. The fraction of sp³-hybridized carbons (Fsp3) is 0. The van der Waals surface area contributed by atoms with Crippen LogP contribution in [0.2, 0.25) is 5.02 Å². The predicted molar refractivity (Wildman–Crippen MR) is 85.4 cm³/mol. The van der Waals surface area contributed by atoms with E-state index >= 15 is 0 Å². The Bertz CT molecular complexity index is 797. The van der Waals surface area contributed by atoms with Crippen LogP contribution in [0.4, 0.5) is 5.69 Å². The molecule has 0 aliphatic carbocycles. The molecule has 0 aliphatic heterocycles. The molecule has 0 aliphatic rings. The number of benzene rings is 2. The molecule has 1 aromatic heterocycles. The molecule has 20 heavy (non-hydrogen) atoms. The Morgan fingerprint density at radius 1 is 1.15 bits per heavy atom. The van der Waals surface area contributed by atoms with Gasteiger partial charge in [0.05, 0.1) is 5.69 Å². The highest BCUT2D eigenvalue weighted by Gasteiger charge is 2.09. The molecular formula is C15H10BrClN2O. The predicted octanol–water partition coefficient (Wildman–Crippen LogP) is 4.84. The van der Waals surface area contributed by atoms with Crippen molar-refractivity contribution in [1.29, 1.82) is 0 Å². The van der Waals surface area contributed by atoms with Gasteiger partial charge in [0.15, 0.2) is 0 Å². The van der Waals surface area contributed by atoms with Gasteiger partial charge in [0.2, 0.25) is 0 Å². The summed E-state index contributed by atoms with van der Waals surface area (Å²) in [6.07, 6.45) is 1.85. The maximum absolute atomic E-state index is 12.3. The summed E-state index contributed by atoms with van der Waals surface area (Å²) in [5.41, 5.74) is 2.26. The quantitative estimate of drug-likeness (QED) is 0.683. The number of H-pyrrole nitrogens is 1. The van der Waals surface area contributed by atoms with E-state index in [0.717, 1.165) is 15.4 Å². The van der Waals surface area contributed by atoms with Crippen LogP contribution in [-0.4, -0.2) is 10.9 Å². The monoisotopic (exact) mass is 348 g/mol. The number of aromatic amines is 1. The van der Waals surface area contributed by atoms with Crippen LogP contribution in [0.15, 0.2) is 53.1 Å². The van der Waals surface area contributed by atoms with Crippen LogP contribution in [0, 0.1) is 0 Å². The number of amides is 1. The van der Waals surface area contributed by atoms with E-state index in [1.165, 1.54) is 0 Å². The molecule has 1 heterocycles. The van der Waals surface area contributed by atoms with E-state index in [2.05, 4.69) is 26.2 Å². The zero-order valence-electron chi connectivity index (χ0n) is 10.3. The summed E-state index contributed by atoms with van der Waals surface area (Å²) >= 11 is 9.32. The molecule has 2 N–H and O–H groups in total. The number of rotatable bonds is 2. The second kappa shape index (κ2) is 5.31. The van der Waals surface area contributed by atoms with Crippen LogP contribution in [0.3, 0.4) is 0 Å². The van der Waals surface area contributed by atoms with Crippen molar-refractivity contribution in [1.82, 2.24) is 4.98 Å². The lowest BCUT2D eigenvalue weighted by Crippen LogP contribution is -2.12. The van der Waals surface area contributed by atoms with E-state index in [1.807, 2.05) is 24.4 Å². The molecule has 100 valence electrons. The van der Waals surface area contributed by atoms with Gasteiger partial charge in [0.1, 0.15) is 0 Å². The Kier molecular flexibility index (Phi) is 3.51. The first-order chi connectivity index (χ1) is 9.63. The zero-order valence-corrected chi connectivity index (χ0v) is 12.6. The van der Waals surface area contributed by atoms with Crippen LogP contribution in [0.25, 0.3) is 10.9 Å². The van der Waals surface area contributed by atoms with E-state index in [1.54, 1.807) is 24.3 Å². The first-order valence-electron chi connectivity index (χ1n) is 5.97. The van der Waals surface area contributed by atoms with Crippen molar-refractivity contribution in [2.24, 2.45) is 0 Å². The molecule has 0 bridgehead atoms. The van der Waals surface area contributed by atoms with Gasteiger partial charge in [-0.1, -0.05) is 11.6 Å². The number of hydrogen-bond donors (Lipinski definition) is 2. The van der Waals surface area contributed by atoms with Crippen LogP contribution in [-0.2, 0) is 0 Å². The summed E-state index contributed by atoms with van der Waals surface area (Å²) < 4.78 is 0.790. The lowest BCUT2D eigenvalue weighted by atomic mass is 10.1. The highest BCUT2D eigenvalue weighted by atomic mass is 79.9. The maximum atomic E-state index is 12.3. The second-order valence-electron chi connectivity index (χ2n) is 4.36. The van der Waals surface area contributed by atoms with Crippen molar-refractivity contribution in [3.05, 3.63) is 63.7 Å². The average Bonchev–Trinajstić information content (AvgIpc) is 2.90. The van der Waals surface area contributed by atoms with Gasteiger partial charge in [0, 0.05) is 32.2 Å². The van der Waals surface area contributed by atoms with Crippen molar-refractivity contribution >= 4 is 50.0 Å². The molecule has 3 rings (SSSR count). The van der Waals surface area contributed by atoms with Crippen molar-refractivity contribution in [2.45, 2.75) is 0 Å². The Hall–Kier alpha value is -1.78. The molecule has 0 spiro atoms. The zero-order chi connectivity index (χ0) is 14.1. The summed E-state index contributed by atoms with van der Waals surface area (Å²) in [6, 6.07) is 12.7. The third-order valence-corrected chi connectivity index (χ3v) is 3.92. The van der Waals surface area contributed by atoms with E-state index in [9.17, 15) is 4.79 Å². The summed E-state index contributed by atoms with van der Waals surface area (Å²) in [6.45, 7) is 0. The van der Waals surface area contributed by atoms with Crippen LogP contribution in [0.1, 0.15) is 10.4 Å². The number of hydrogen-bond acceptors (Lipinski definition) is 1. The van der Waals surface area contributed by atoms with Crippen molar-refractivity contribution in [2.75, 3.05) is 5.32 Å². The fourth-order valence-electron chi connectivity index (χ4n) is 1.98. The molecular weight excluding hydrogens is 340 g/mol. The lowest BCUT2D eigenvalue weighted by molar-refractivity contribution is 0.102. The minimum Gasteiger partial charge on any atom is -0.361 e. The molecule has 0 radical (unpaired) electrons. The van der Waals surface area contributed by atoms with Crippen LogP contribution >= 0.6 is 27.5 Å². The van der Waals surface area contributed by atoms with E-state index in [-0.39, 0.29) is 5.91 Å². The van der Waals surface area contributed by atoms with Crippen molar-refractivity contribution in [3.63, 3.8) is 0 Å². The number of carbonyl (C=O) groups excluding carboxylic acids is 1. The maximum Gasteiger partial charge on any atom is 0.255 e. The van der Waals surface area contributed by atoms with Gasteiger partial charge in [-0.2, -0.15) is 0 Å². The van der Waals surface area contributed by atoms with Crippen LogP contribution < -0.4 is 5.32 Å². The lowest BCUT2D eigenvalue weighted by Gasteiger charge is -2.08. The molecule has 3 nitrogen and oxygen atoms in total. The van der Waals surface area contributed by atoms with Gasteiger partial charge in [-0.05, 0) is 58.4 Å². The normalized spacial score (nSPS) is 10.7. The van der Waals surface area contributed by atoms with Crippen molar-refractivity contribution in [3.8, 4) is 0 Å². The minimum atomic E-state index is -0.170. The largest absolute Gasteiger partial charge is 0.361 e. The summed E-state index contributed by atoms with van der Waals surface area (Å²) in [5.74, 6) is -0.170. The Morgan fingerprint density at radius 3 is 2.85 bits per heavy atom. The van der Waals surface area contributed by atoms with Crippen LogP contribution in [0.5, 0.6) is 0 Å². The molecule has 0 unspecified atom stereocenters. The van der Waals surface area contributed by atoms with E-state index in [0.29, 0.717) is 16.3 Å². The standard InChI is InChI=1S/C15H10BrClN2O/c16-12-3-2-11(17)8-14(12)19-15(20)10-1-4-13-9(7-10)5-6-18-13/h1-8,18H,(H,19,20). The molecule has 0 saturated heterocycles. The molecule has 0 atom stereocenters. The Balaban J connectivity index is 1.90. The summed E-state index contributed by atoms with van der Waals surface area (Å²) in [4.78, 5) is 15.4. The smallest absolute Gasteiger partial charge is 0.255 e. The molecule has 0 saturated carbocycles. The first-order valence-corrected chi connectivity index (χ1v) is 7.14. The SMILES string of the molecule is O=C(Nc1cc(Cl)ccc1Br)c1ccc2[nH]ccc2c1. The highest BCUT2D eigenvalue weighted by Crippen LogP contribution is 2.26. The van der Waals surface area contributed by atoms with E-state index in [4.69, 9.17) is 11.6 Å². The number of carbonyl (C=O) groups is 1. The molecule has 0 fully saturated rings. The first kappa shape index (κ1) is 13.2. The second-order valence-corrected chi connectivity index (χ2v) is 5.65. The molecule has 2 aromatic carbocycles. The number of halogens is 2. The number of anilines is 1. The molecule has 1 amide bonds. The van der Waals surface area contributed by atoms with Gasteiger partial charge in [0.25, 0.3) is 5.91 Å². The Labute approximate surface area is 129 Å². The summed E-state index contributed by atoms with van der Waals surface area (Å²) in [7, 11) is 0. The average molecular weight is 350 g/mol. The van der Waals surface area contributed by atoms with E-state index < -0.39 is 0 Å². The highest BCUT2D eigenvalue weighted by molar-refractivity contribution is 9.10. The third kappa shape index (κ3) is 2.57. The van der Waals surface area contributed by atoms with Crippen molar-refractivity contribution < 1.29 is 4.79 Å². The summed E-state index contributed by atoms with van der Waals surface area (Å²) in [5, 5.41) is 4.42. The number of aromatic nitrogens is 1. The molecule has 5 heteroatoms. The van der Waals surface area contributed by atoms with Gasteiger partial charge in [-0.25, -0.2) is 0 Å². The Morgan fingerprint density at radius 2 is 2.00 bits per heavy atom. The minimum absolute atomic E-state index is 0.170. The van der Waals surface area contributed by atoms with Gasteiger partial charge >= 0.3 is 0 Å². The third-order valence-electron chi connectivity index (χ3n) is 2.99. The van der Waals surface area contributed by atoms with Gasteiger partial charge in [-0.15, -0.1) is 0 Å². The number of fused-ring (bicyclic) bond motifs is 1. The topological polar surface area (TPSA) is 44.9 Å².